The van der Waals surface area contributed by atoms with Crippen molar-refractivity contribution >= 4 is 0 Å². The lowest BCUT2D eigenvalue weighted by Crippen LogP contribution is -2.42. The van der Waals surface area contributed by atoms with Gasteiger partial charge in [-0.05, 0) is 18.9 Å². The Morgan fingerprint density at radius 1 is 1.54 bits per heavy atom. The van der Waals surface area contributed by atoms with Crippen LogP contribution in [0.25, 0.3) is 0 Å². The van der Waals surface area contributed by atoms with E-state index in [0.717, 1.165) is 6.42 Å². The molecule has 0 aromatic rings. The van der Waals surface area contributed by atoms with Crippen molar-refractivity contribution in [2.45, 2.75) is 44.8 Å². The largest absolute Gasteiger partial charge is 0.495 e. The van der Waals surface area contributed by atoms with Gasteiger partial charge in [0.15, 0.2) is 0 Å². The molecule has 0 spiro atoms. The summed E-state index contributed by atoms with van der Waals surface area (Å²) in [5.74, 6) is 0.534. The van der Waals surface area contributed by atoms with Gasteiger partial charge in [-0.3, -0.25) is 0 Å². The van der Waals surface area contributed by atoms with Crippen LogP contribution in [0.4, 0.5) is 0 Å². The lowest BCUT2D eigenvalue weighted by atomic mass is 9.89. The van der Waals surface area contributed by atoms with Crippen molar-refractivity contribution in [3.8, 4) is 0 Å². The highest BCUT2D eigenvalue weighted by Crippen LogP contribution is 2.27. The molecule has 0 bridgehead atoms. The number of hydrogen-bond acceptors (Lipinski definition) is 3. The first-order chi connectivity index (χ1) is 6.14. The molecule has 2 N–H and O–H groups in total. The molecule has 0 saturated heterocycles. The summed E-state index contributed by atoms with van der Waals surface area (Å²) >= 11 is 0. The second-order valence-electron chi connectivity index (χ2n) is 3.46. The highest BCUT2D eigenvalue weighted by atomic mass is 16.5. The van der Waals surface area contributed by atoms with Gasteiger partial charge < -0.3 is 14.9 Å². The van der Waals surface area contributed by atoms with Gasteiger partial charge in [-0.2, -0.15) is 0 Å². The van der Waals surface area contributed by atoms with Crippen LogP contribution in [-0.4, -0.2) is 28.5 Å². The van der Waals surface area contributed by atoms with Crippen molar-refractivity contribution in [3.05, 3.63) is 11.8 Å². The van der Waals surface area contributed by atoms with E-state index in [0.29, 0.717) is 25.2 Å². The van der Waals surface area contributed by atoms with Crippen LogP contribution in [-0.2, 0) is 4.74 Å². The summed E-state index contributed by atoms with van der Waals surface area (Å²) in [4.78, 5) is 0. The van der Waals surface area contributed by atoms with Crippen LogP contribution >= 0.6 is 0 Å². The molecule has 1 atom stereocenters. The van der Waals surface area contributed by atoms with Crippen LogP contribution in [0.5, 0.6) is 0 Å². The van der Waals surface area contributed by atoms with Crippen molar-refractivity contribution in [2.75, 3.05) is 6.61 Å². The summed E-state index contributed by atoms with van der Waals surface area (Å²) < 4.78 is 5.22. The minimum absolute atomic E-state index is 0.533. The maximum Gasteiger partial charge on any atom is 0.139 e. The lowest BCUT2D eigenvalue weighted by Gasteiger charge is -2.31. The van der Waals surface area contributed by atoms with Crippen LogP contribution in [0.2, 0.25) is 0 Å². The number of aliphatic hydroxyl groups is 2. The topological polar surface area (TPSA) is 49.7 Å². The van der Waals surface area contributed by atoms with Gasteiger partial charge in [-0.1, -0.05) is 13.8 Å². The normalized spacial score (nSPS) is 19.5. The molecule has 0 aromatic carbocycles. The molecule has 13 heavy (non-hydrogen) atoms. The number of ether oxygens (including phenoxy) is 1. The highest BCUT2D eigenvalue weighted by Gasteiger charge is 2.36. The van der Waals surface area contributed by atoms with E-state index in [1.807, 2.05) is 19.9 Å². The SMILES string of the molecule is CCC(O)(CC)C(O)C1=CCCO1. The fourth-order valence-corrected chi connectivity index (χ4v) is 1.53. The Labute approximate surface area is 79.0 Å². The molecule has 0 aromatic heterocycles. The quantitative estimate of drug-likeness (QED) is 0.693. The molecule has 0 aliphatic carbocycles. The zero-order valence-corrected chi connectivity index (χ0v) is 8.29. The molecule has 1 rings (SSSR count). The van der Waals surface area contributed by atoms with Crippen molar-refractivity contribution in [1.29, 1.82) is 0 Å². The Morgan fingerprint density at radius 2 is 2.15 bits per heavy atom. The molecule has 0 saturated carbocycles. The average molecular weight is 186 g/mol. The van der Waals surface area contributed by atoms with E-state index in [4.69, 9.17) is 4.74 Å². The molecule has 1 aliphatic rings. The summed E-state index contributed by atoms with van der Waals surface area (Å²) in [5.41, 5.74) is -1.03. The maximum absolute atomic E-state index is 9.99. The van der Waals surface area contributed by atoms with Gasteiger partial charge in [-0.15, -0.1) is 0 Å². The molecular weight excluding hydrogens is 168 g/mol. The summed E-state index contributed by atoms with van der Waals surface area (Å²) in [6.45, 7) is 4.35. The molecule has 76 valence electrons. The van der Waals surface area contributed by atoms with Gasteiger partial charge in [0.2, 0.25) is 0 Å². The Bertz CT molecular complexity index is 194. The first-order valence-electron chi connectivity index (χ1n) is 4.87. The number of hydrogen-bond donors (Lipinski definition) is 2. The van der Waals surface area contributed by atoms with E-state index < -0.39 is 11.7 Å². The van der Waals surface area contributed by atoms with Gasteiger partial charge in [0, 0.05) is 6.42 Å². The molecule has 3 heteroatoms. The van der Waals surface area contributed by atoms with Crippen LogP contribution in [0.1, 0.15) is 33.1 Å². The molecule has 0 amide bonds. The zero-order chi connectivity index (χ0) is 9.90. The van der Waals surface area contributed by atoms with E-state index in [-0.39, 0.29) is 0 Å². The third-order valence-electron chi connectivity index (χ3n) is 2.74. The first kappa shape index (κ1) is 10.5. The van der Waals surface area contributed by atoms with Gasteiger partial charge in [0.25, 0.3) is 0 Å². The Morgan fingerprint density at radius 3 is 2.54 bits per heavy atom. The van der Waals surface area contributed by atoms with Crippen LogP contribution < -0.4 is 0 Å². The summed E-state index contributed by atoms with van der Waals surface area (Å²) in [5, 5.41) is 19.8. The van der Waals surface area contributed by atoms with Crippen LogP contribution in [0, 0.1) is 0 Å². The Kier molecular flexibility index (Phi) is 3.33. The van der Waals surface area contributed by atoms with E-state index in [2.05, 4.69) is 0 Å². The minimum atomic E-state index is -1.03. The second-order valence-corrected chi connectivity index (χ2v) is 3.46. The first-order valence-corrected chi connectivity index (χ1v) is 4.87. The van der Waals surface area contributed by atoms with Crippen LogP contribution in [0.15, 0.2) is 11.8 Å². The van der Waals surface area contributed by atoms with Gasteiger partial charge >= 0.3 is 0 Å². The van der Waals surface area contributed by atoms with Crippen molar-refractivity contribution < 1.29 is 14.9 Å². The fourth-order valence-electron chi connectivity index (χ4n) is 1.53. The molecule has 1 aliphatic heterocycles. The lowest BCUT2D eigenvalue weighted by molar-refractivity contribution is -0.0807. The molecule has 1 unspecified atom stereocenters. The van der Waals surface area contributed by atoms with E-state index in [1.54, 1.807) is 0 Å². The second kappa shape index (κ2) is 4.11. The molecular formula is C10H18O3. The molecule has 0 radical (unpaired) electrons. The van der Waals surface area contributed by atoms with E-state index >= 15 is 0 Å². The van der Waals surface area contributed by atoms with Gasteiger partial charge in [0.1, 0.15) is 11.9 Å². The average Bonchev–Trinajstić information content (AvgIpc) is 2.68. The Hall–Kier alpha value is -0.540. The summed E-state index contributed by atoms with van der Waals surface area (Å²) in [6.07, 6.45) is 2.87. The Balaban J connectivity index is 2.68. The standard InChI is InChI=1S/C10H18O3/c1-3-10(12,4-2)9(11)8-6-5-7-13-8/h6,9,11-12H,3-5,7H2,1-2H3. The minimum Gasteiger partial charge on any atom is -0.495 e. The van der Waals surface area contributed by atoms with Gasteiger partial charge in [-0.25, -0.2) is 0 Å². The van der Waals surface area contributed by atoms with E-state index in [9.17, 15) is 10.2 Å². The molecule has 0 fully saturated rings. The summed E-state index contributed by atoms with van der Waals surface area (Å²) in [7, 11) is 0. The number of aliphatic hydroxyl groups excluding tert-OH is 1. The number of rotatable bonds is 4. The maximum atomic E-state index is 9.99. The zero-order valence-electron chi connectivity index (χ0n) is 8.29. The highest BCUT2D eigenvalue weighted by molar-refractivity contribution is 5.10. The predicted molar refractivity (Wildman–Crippen MR) is 50.2 cm³/mol. The van der Waals surface area contributed by atoms with Gasteiger partial charge in [0.05, 0.1) is 12.2 Å². The smallest absolute Gasteiger partial charge is 0.139 e. The molecule has 3 nitrogen and oxygen atoms in total. The third kappa shape index (κ3) is 2.03. The van der Waals surface area contributed by atoms with Crippen molar-refractivity contribution in [3.63, 3.8) is 0 Å². The fraction of sp³-hybridized carbons (Fsp3) is 0.800. The van der Waals surface area contributed by atoms with Crippen LogP contribution in [0.3, 0.4) is 0 Å². The third-order valence-corrected chi connectivity index (χ3v) is 2.74. The molecule has 1 heterocycles. The predicted octanol–water partition coefficient (Wildman–Crippen LogP) is 1.20. The van der Waals surface area contributed by atoms with E-state index in [1.165, 1.54) is 0 Å². The monoisotopic (exact) mass is 186 g/mol. The summed E-state index contributed by atoms with van der Waals surface area (Å²) in [6, 6.07) is 0. The van der Waals surface area contributed by atoms with Crippen molar-refractivity contribution in [1.82, 2.24) is 0 Å². The van der Waals surface area contributed by atoms with Crippen molar-refractivity contribution in [2.24, 2.45) is 0 Å².